The molecule has 0 aliphatic heterocycles. The van der Waals surface area contributed by atoms with Gasteiger partial charge in [-0.1, -0.05) is 15.9 Å². The Labute approximate surface area is 125 Å². The van der Waals surface area contributed by atoms with Crippen LogP contribution >= 0.6 is 27.5 Å². The number of halogens is 1. The van der Waals surface area contributed by atoms with Crippen LogP contribution in [0.25, 0.3) is 15.9 Å². The molecule has 1 unspecified atom stereocenters. The van der Waals surface area contributed by atoms with Crippen LogP contribution in [0.5, 0.6) is 0 Å². The summed E-state index contributed by atoms with van der Waals surface area (Å²) in [5.41, 5.74) is 0.469. The zero-order valence-corrected chi connectivity index (χ0v) is 12.3. The van der Waals surface area contributed by atoms with E-state index < -0.39 is 5.23 Å². The van der Waals surface area contributed by atoms with Crippen LogP contribution in [-0.2, 0) is 0 Å². The Morgan fingerprint density at radius 3 is 2.70 bits per heavy atom. The average Bonchev–Trinajstić information content (AvgIpc) is 2.76. The van der Waals surface area contributed by atoms with E-state index in [4.69, 9.17) is 5.21 Å². The predicted molar refractivity (Wildman–Crippen MR) is 78.7 cm³/mol. The van der Waals surface area contributed by atoms with Crippen molar-refractivity contribution in [3.8, 4) is 5.69 Å². The number of fused-ring (bicyclic) bond motifs is 1. The lowest BCUT2D eigenvalue weighted by Gasteiger charge is -2.09. The maximum atomic E-state index is 12.3. The lowest BCUT2D eigenvalue weighted by molar-refractivity contribution is -0.991. The molecule has 2 heterocycles. The van der Waals surface area contributed by atoms with Crippen molar-refractivity contribution in [3.05, 3.63) is 56.6 Å². The Hall–Kier alpha value is -1.58. The summed E-state index contributed by atoms with van der Waals surface area (Å²) in [5.74, 6) is 0. The zero-order chi connectivity index (χ0) is 14.3. The first-order valence-corrected chi connectivity index (χ1v) is 7.14. The summed E-state index contributed by atoms with van der Waals surface area (Å²) in [7, 11) is 0. The third-order valence-electron chi connectivity index (χ3n) is 2.75. The van der Waals surface area contributed by atoms with E-state index in [2.05, 4.69) is 20.9 Å². The van der Waals surface area contributed by atoms with E-state index in [9.17, 15) is 10.0 Å². The molecule has 0 aliphatic carbocycles. The van der Waals surface area contributed by atoms with Crippen LogP contribution in [0.15, 0.2) is 45.8 Å². The van der Waals surface area contributed by atoms with Gasteiger partial charge in [0.2, 0.25) is 0 Å². The van der Waals surface area contributed by atoms with Gasteiger partial charge < -0.3 is 5.21 Å². The molecule has 2 N–H and O–H groups in total. The molecule has 0 saturated carbocycles. The van der Waals surface area contributed by atoms with Gasteiger partial charge in [-0.15, -0.1) is 0 Å². The summed E-state index contributed by atoms with van der Waals surface area (Å²) >= 11 is 4.52. The van der Waals surface area contributed by atoms with E-state index in [1.165, 1.54) is 27.8 Å². The highest BCUT2D eigenvalue weighted by molar-refractivity contribution is 9.10. The van der Waals surface area contributed by atoms with Crippen molar-refractivity contribution in [2.24, 2.45) is 0 Å². The molecule has 0 aliphatic rings. The maximum absolute atomic E-state index is 12.3. The molecule has 1 atom stereocenters. The number of rotatable bonds is 2. The van der Waals surface area contributed by atoms with Gasteiger partial charge in [0.05, 0.1) is 17.3 Å². The highest BCUT2D eigenvalue weighted by Gasteiger charge is 2.13. The summed E-state index contributed by atoms with van der Waals surface area (Å²) in [5, 5.41) is 19.1. The number of hydrogen-bond acceptors (Lipinski definition) is 5. The third-order valence-corrected chi connectivity index (χ3v) is 4.34. The highest BCUT2D eigenvalue weighted by Crippen LogP contribution is 2.21. The Morgan fingerprint density at radius 1 is 1.35 bits per heavy atom. The van der Waals surface area contributed by atoms with Gasteiger partial charge in [0.15, 0.2) is 5.69 Å². The van der Waals surface area contributed by atoms with Gasteiger partial charge in [0.25, 0.3) is 5.56 Å². The van der Waals surface area contributed by atoms with Crippen LogP contribution in [0.3, 0.4) is 0 Å². The minimum absolute atomic E-state index is 0.00959. The van der Waals surface area contributed by atoms with Crippen molar-refractivity contribution in [3.63, 3.8) is 0 Å². The first-order valence-electron chi connectivity index (χ1n) is 5.57. The van der Waals surface area contributed by atoms with Crippen LogP contribution in [0.4, 0.5) is 5.69 Å². The molecular formula is C12H8BrN3O3S. The van der Waals surface area contributed by atoms with E-state index in [0.717, 1.165) is 10.2 Å². The molecule has 2 aromatic heterocycles. The van der Waals surface area contributed by atoms with E-state index in [1.807, 2.05) is 12.1 Å². The minimum Gasteiger partial charge on any atom is -0.595 e. The smallest absolute Gasteiger partial charge is 0.275 e. The summed E-state index contributed by atoms with van der Waals surface area (Å²) in [4.78, 5) is 16.9. The van der Waals surface area contributed by atoms with Gasteiger partial charge in [0, 0.05) is 10.5 Å². The molecule has 1 aromatic carbocycles. The molecule has 0 radical (unpaired) electrons. The molecule has 0 fully saturated rings. The standard InChI is InChI=1S/C12H8BrN3O3S/c13-7-1-3-8(4-2-7)15-12(17)10-5-9(16(18)19)6-14-11(10)20-15/h1-6,16,18H. The van der Waals surface area contributed by atoms with E-state index >= 15 is 0 Å². The summed E-state index contributed by atoms with van der Waals surface area (Å²) in [6, 6.07) is 8.64. The number of quaternary nitrogens is 1. The third kappa shape index (κ3) is 2.28. The lowest BCUT2D eigenvalue weighted by Crippen LogP contribution is -2.99. The molecular weight excluding hydrogens is 346 g/mol. The molecule has 0 saturated heterocycles. The van der Waals surface area contributed by atoms with Gasteiger partial charge in [-0.2, -0.15) is 5.23 Å². The summed E-state index contributed by atoms with van der Waals surface area (Å²) in [6.07, 6.45) is 1.26. The zero-order valence-electron chi connectivity index (χ0n) is 9.91. The van der Waals surface area contributed by atoms with Crippen LogP contribution < -0.4 is 10.8 Å². The lowest BCUT2D eigenvalue weighted by atomic mass is 10.3. The SMILES string of the molecule is O=c1c2cc([NH+]([O-])O)cnc2sn1-c1ccc(Br)cc1. The molecule has 20 heavy (non-hydrogen) atoms. The second-order valence-electron chi connectivity index (χ2n) is 4.05. The molecule has 3 aromatic rings. The number of benzene rings is 1. The molecule has 102 valence electrons. The van der Waals surface area contributed by atoms with Crippen molar-refractivity contribution in [1.29, 1.82) is 0 Å². The Kier molecular flexibility index (Phi) is 3.40. The number of nitrogens with zero attached hydrogens (tertiary/aromatic N) is 2. The summed E-state index contributed by atoms with van der Waals surface area (Å²) < 4.78 is 2.41. The maximum Gasteiger partial charge on any atom is 0.275 e. The minimum atomic E-state index is -1.10. The number of nitrogens with one attached hydrogen (secondary N) is 1. The van der Waals surface area contributed by atoms with Crippen molar-refractivity contribution in [1.82, 2.24) is 8.94 Å². The first-order chi connectivity index (χ1) is 9.56. The van der Waals surface area contributed by atoms with E-state index in [0.29, 0.717) is 10.2 Å². The molecule has 8 heteroatoms. The van der Waals surface area contributed by atoms with Gasteiger partial charge in [-0.25, -0.2) is 14.1 Å². The number of aromatic nitrogens is 2. The largest absolute Gasteiger partial charge is 0.595 e. The molecule has 6 nitrogen and oxygen atoms in total. The monoisotopic (exact) mass is 353 g/mol. The second-order valence-corrected chi connectivity index (χ2v) is 5.90. The quantitative estimate of drug-likeness (QED) is 0.685. The van der Waals surface area contributed by atoms with E-state index in [-0.39, 0.29) is 11.2 Å². The van der Waals surface area contributed by atoms with Gasteiger partial charge in [-0.05, 0) is 35.8 Å². The predicted octanol–water partition coefficient (Wildman–Crippen LogP) is 1.61. The van der Waals surface area contributed by atoms with Crippen LogP contribution in [-0.4, -0.2) is 14.1 Å². The fourth-order valence-electron chi connectivity index (χ4n) is 1.78. The van der Waals surface area contributed by atoms with Crippen molar-refractivity contribution >= 4 is 43.4 Å². The normalized spacial score (nSPS) is 12.8. The van der Waals surface area contributed by atoms with Crippen molar-refractivity contribution in [2.75, 3.05) is 0 Å². The average molecular weight is 354 g/mol. The number of pyridine rings is 1. The molecule has 0 bridgehead atoms. The number of hydrogen-bond donors (Lipinski definition) is 2. The molecule has 0 amide bonds. The van der Waals surface area contributed by atoms with E-state index in [1.54, 1.807) is 12.1 Å². The Morgan fingerprint density at radius 2 is 2.05 bits per heavy atom. The Balaban J connectivity index is 2.20. The Bertz CT molecular complexity index is 826. The fourth-order valence-corrected chi connectivity index (χ4v) is 2.97. The van der Waals surface area contributed by atoms with Crippen molar-refractivity contribution in [2.45, 2.75) is 0 Å². The summed E-state index contributed by atoms with van der Waals surface area (Å²) in [6.45, 7) is 0. The molecule has 0 spiro atoms. The van der Waals surface area contributed by atoms with Crippen LogP contribution in [0, 0.1) is 5.21 Å². The van der Waals surface area contributed by atoms with Crippen LogP contribution in [0.2, 0.25) is 0 Å². The molecule has 3 rings (SSSR count). The van der Waals surface area contributed by atoms with Crippen LogP contribution in [0.1, 0.15) is 0 Å². The van der Waals surface area contributed by atoms with Gasteiger partial charge in [0.1, 0.15) is 4.83 Å². The fraction of sp³-hybridized carbons (Fsp3) is 0. The highest BCUT2D eigenvalue weighted by atomic mass is 79.9. The second kappa shape index (κ2) is 5.08. The van der Waals surface area contributed by atoms with Gasteiger partial charge >= 0.3 is 0 Å². The van der Waals surface area contributed by atoms with Crippen molar-refractivity contribution < 1.29 is 10.4 Å². The van der Waals surface area contributed by atoms with Gasteiger partial charge in [-0.3, -0.25) is 4.79 Å². The topological polar surface area (TPSA) is 82.6 Å². The first kappa shape index (κ1) is 13.4.